The van der Waals surface area contributed by atoms with Crippen LogP contribution in [-0.2, 0) is 11.3 Å². The van der Waals surface area contributed by atoms with Gasteiger partial charge in [0.1, 0.15) is 34.4 Å². The summed E-state index contributed by atoms with van der Waals surface area (Å²) >= 11 is 0. The largest absolute Gasteiger partial charge is 0.467 e. The lowest BCUT2D eigenvalue weighted by Gasteiger charge is -2.10. The number of rotatable bonds is 6. The number of nitriles is 1. The summed E-state index contributed by atoms with van der Waals surface area (Å²) in [6.07, 6.45) is 4.23. The van der Waals surface area contributed by atoms with Crippen molar-refractivity contribution in [2.24, 2.45) is 0 Å². The fraction of sp³-hybridized carbons (Fsp3) is 0.0833. The second-order valence-electron chi connectivity index (χ2n) is 6.91. The highest BCUT2D eigenvalue weighted by Crippen LogP contribution is 2.24. The highest BCUT2D eigenvalue weighted by Gasteiger charge is 2.17. The maximum absolute atomic E-state index is 13.2. The molecular weight excluding hydrogens is 408 g/mol. The first-order valence-electron chi connectivity index (χ1n) is 9.73. The van der Waals surface area contributed by atoms with Gasteiger partial charge in [0.15, 0.2) is 0 Å². The van der Waals surface area contributed by atoms with Crippen molar-refractivity contribution in [3.05, 3.63) is 99.9 Å². The zero-order chi connectivity index (χ0) is 22.5. The number of nitrogens with zero attached hydrogens (tertiary/aromatic N) is 3. The second kappa shape index (κ2) is 9.02. The van der Waals surface area contributed by atoms with Gasteiger partial charge in [-0.25, -0.2) is 0 Å². The molecule has 0 radical (unpaired) electrons. The van der Waals surface area contributed by atoms with Crippen LogP contribution in [0.25, 0.3) is 11.7 Å². The van der Waals surface area contributed by atoms with Crippen LogP contribution >= 0.6 is 0 Å². The number of ether oxygens (including phenoxy) is 1. The Labute approximate surface area is 183 Å². The van der Waals surface area contributed by atoms with Crippen LogP contribution in [0.4, 0.5) is 0 Å². The topological polar surface area (TPSA) is 110 Å². The number of nitrogens with one attached hydrogen (secondary N) is 1. The van der Waals surface area contributed by atoms with Crippen LogP contribution in [0.1, 0.15) is 16.9 Å². The number of carbonyl (C=O) groups is 1. The van der Waals surface area contributed by atoms with Gasteiger partial charge in [-0.2, -0.15) is 10.2 Å². The normalized spacial score (nSPS) is 11.2. The van der Waals surface area contributed by atoms with Crippen LogP contribution < -0.4 is 15.6 Å². The van der Waals surface area contributed by atoms with Crippen molar-refractivity contribution in [1.82, 2.24) is 14.7 Å². The Morgan fingerprint density at radius 3 is 2.75 bits per heavy atom. The first-order valence-corrected chi connectivity index (χ1v) is 9.73. The molecule has 1 aromatic carbocycles. The summed E-state index contributed by atoms with van der Waals surface area (Å²) in [6.45, 7) is 2.05. The molecule has 3 heterocycles. The van der Waals surface area contributed by atoms with E-state index in [-0.39, 0.29) is 23.6 Å². The van der Waals surface area contributed by atoms with E-state index >= 15 is 0 Å². The monoisotopic (exact) mass is 426 g/mol. The van der Waals surface area contributed by atoms with Crippen molar-refractivity contribution in [2.75, 3.05) is 0 Å². The molecule has 0 fully saturated rings. The molecule has 0 atom stereocenters. The van der Waals surface area contributed by atoms with Crippen LogP contribution in [-0.4, -0.2) is 15.3 Å². The van der Waals surface area contributed by atoms with Gasteiger partial charge in [0.2, 0.25) is 5.88 Å². The lowest BCUT2D eigenvalue weighted by molar-refractivity contribution is -0.117. The summed E-state index contributed by atoms with van der Waals surface area (Å²) in [5.41, 5.74) is 0.671. The predicted molar refractivity (Wildman–Crippen MR) is 117 cm³/mol. The van der Waals surface area contributed by atoms with Gasteiger partial charge in [0, 0.05) is 6.20 Å². The van der Waals surface area contributed by atoms with E-state index in [9.17, 15) is 14.9 Å². The number of aromatic nitrogens is 2. The Hall–Kier alpha value is -4.64. The number of hydrogen-bond acceptors (Lipinski definition) is 6. The van der Waals surface area contributed by atoms with Crippen molar-refractivity contribution >= 4 is 17.6 Å². The van der Waals surface area contributed by atoms with Crippen LogP contribution in [0.3, 0.4) is 0 Å². The minimum atomic E-state index is -0.650. The second-order valence-corrected chi connectivity index (χ2v) is 6.91. The Kier molecular flexibility index (Phi) is 5.81. The molecule has 0 aliphatic rings. The maximum Gasteiger partial charge on any atom is 0.269 e. The predicted octanol–water partition coefficient (Wildman–Crippen LogP) is 3.61. The van der Waals surface area contributed by atoms with E-state index in [2.05, 4.69) is 10.3 Å². The zero-order valence-electron chi connectivity index (χ0n) is 17.1. The van der Waals surface area contributed by atoms with Gasteiger partial charge >= 0.3 is 0 Å². The van der Waals surface area contributed by atoms with Crippen LogP contribution in [0, 0.1) is 18.3 Å². The molecule has 0 spiro atoms. The smallest absolute Gasteiger partial charge is 0.269 e. The summed E-state index contributed by atoms with van der Waals surface area (Å²) in [5, 5.41) is 12.2. The van der Waals surface area contributed by atoms with Crippen LogP contribution in [0.2, 0.25) is 0 Å². The molecule has 32 heavy (non-hydrogen) atoms. The SMILES string of the molecule is Cc1ccc(Oc2nc3ccccn3c(=O)c2/C=C(\C#N)C(=O)NCc2ccco2)cc1. The molecule has 0 aliphatic heterocycles. The molecule has 8 heteroatoms. The molecule has 0 bridgehead atoms. The molecular formula is C24H18N4O4. The Bertz CT molecular complexity index is 1390. The molecule has 0 aliphatic carbocycles. The van der Waals surface area contributed by atoms with E-state index in [4.69, 9.17) is 9.15 Å². The van der Waals surface area contributed by atoms with Gasteiger partial charge in [0.25, 0.3) is 11.5 Å². The number of fused-ring (bicyclic) bond motifs is 1. The molecule has 1 amide bonds. The molecule has 4 aromatic rings. The number of amides is 1. The van der Waals surface area contributed by atoms with Crippen LogP contribution in [0.5, 0.6) is 11.6 Å². The number of benzene rings is 1. The summed E-state index contributed by atoms with van der Waals surface area (Å²) in [4.78, 5) is 30.1. The summed E-state index contributed by atoms with van der Waals surface area (Å²) in [5.74, 6) is 0.351. The molecule has 0 saturated heterocycles. The van der Waals surface area contributed by atoms with Crippen LogP contribution in [0.15, 0.2) is 81.8 Å². The lowest BCUT2D eigenvalue weighted by atomic mass is 10.1. The van der Waals surface area contributed by atoms with E-state index in [1.54, 1.807) is 48.7 Å². The quantitative estimate of drug-likeness (QED) is 0.373. The van der Waals surface area contributed by atoms with E-state index in [1.165, 1.54) is 16.7 Å². The van der Waals surface area contributed by atoms with E-state index in [0.717, 1.165) is 5.56 Å². The minimum Gasteiger partial charge on any atom is -0.467 e. The summed E-state index contributed by atoms with van der Waals surface area (Å²) in [6, 6.07) is 17.6. The molecule has 0 saturated carbocycles. The van der Waals surface area contributed by atoms with Gasteiger partial charge in [-0.15, -0.1) is 0 Å². The van der Waals surface area contributed by atoms with Gasteiger partial charge in [-0.05, 0) is 49.4 Å². The maximum atomic E-state index is 13.2. The Morgan fingerprint density at radius 1 is 1.22 bits per heavy atom. The van der Waals surface area contributed by atoms with Crippen molar-refractivity contribution < 1.29 is 13.9 Å². The molecule has 4 rings (SSSR count). The van der Waals surface area contributed by atoms with Crippen molar-refractivity contribution in [1.29, 1.82) is 5.26 Å². The van der Waals surface area contributed by atoms with Crippen molar-refractivity contribution in [3.63, 3.8) is 0 Å². The number of carbonyl (C=O) groups excluding carboxylic acids is 1. The fourth-order valence-electron chi connectivity index (χ4n) is 2.97. The van der Waals surface area contributed by atoms with E-state index in [1.807, 2.05) is 25.1 Å². The van der Waals surface area contributed by atoms with E-state index in [0.29, 0.717) is 17.2 Å². The third kappa shape index (κ3) is 4.42. The molecule has 0 unspecified atom stereocenters. The van der Waals surface area contributed by atoms with Gasteiger partial charge in [0.05, 0.1) is 12.8 Å². The van der Waals surface area contributed by atoms with Gasteiger partial charge in [-0.3, -0.25) is 14.0 Å². The first-order chi connectivity index (χ1) is 15.5. The molecule has 3 aromatic heterocycles. The number of hydrogen-bond donors (Lipinski definition) is 1. The number of pyridine rings is 1. The minimum absolute atomic E-state index is 0.00311. The highest BCUT2D eigenvalue weighted by atomic mass is 16.5. The highest BCUT2D eigenvalue weighted by molar-refractivity contribution is 6.01. The van der Waals surface area contributed by atoms with E-state index < -0.39 is 11.5 Å². The molecule has 1 N–H and O–H groups in total. The fourth-order valence-corrected chi connectivity index (χ4v) is 2.97. The zero-order valence-corrected chi connectivity index (χ0v) is 17.1. The lowest BCUT2D eigenvalue weighted by Crippen LogP contribution is -2.24. The van der Waals surface area contributed by atoms with Gasteiger partial charge in [-0.1, -0.05) is 23.8 Å². The Balaban J connectivity index is 1.75. The summed E-state index contributed by atoms with van der Waals surface area (Å²) in [7, 11) is 0. The molecule has 158 valence electrons. The molecule has 8 nitrogen and oxygen atoms in total. The third-order valence-electron chi connectivity index (χ3n) is 4.63. The average molecular weight is 426 g/mol. The summed E-state index contributed by atoms with van der Waals surface area (Å²) < 4.78 is 12.4. The average Bonchev–Trinajstić information content (AvgIpc) is 3.33. The Morgan fingerprint density at radius 2 is 2.03 bits per heavy atom. The number of aryl methyl sites for hydroxylation is 1. The third-order valence-corrected chi connectivity index (χ3v) is 4.63. The standard InChI is InChI=1S/C24H18N4O4/c1-16-7-9-18(10-8-16)32-23-20(24(30)28-11-3-2-6-21(28)27-23)13-17(14-25)22(29)26-15-19-5-4-12-31-19/h2-13H,15H2,1H3,(H,26,29)/b17-13+. The van der Waals surface area contributed by atoms with Gasteiger partial charge < -0.3 is 14.5 Å². The van der Waals surface area contributed by atoms with Crippen molar-refractivity contribution in [3.8, 4) is 17.7 Å². The number of furan rings is 1. The first kappa shape index (κ1) is 20.6. The van der Waals surface area contributed by atoms with Crippen molar-refractivity contribution in [2.45, 2.75) is 13.5 Å².